The van der Waals surface area contributed by atoms with Crippen LogP contribution in [0.4, 0.5) is 0 Å². The van der Waals surface area contributed by atoms with Gasteiger partial charge in [-0.3, -0.25) is 14.6 Å². The Hall–Kier alpha value is -2.99. The number of H-pyrrole nitrogens is 1. The molecule has 6 nitrogen and oxygen atoms in total. The van der Waals surface area contributed by atoms with Gasteiger partial charge in [-0.1, -0.05) is 37.6 Å². The number of carbonyl (C=O) groups is 1. The van der Waals surface area contributed by atoms with E-state index in [1.54, 1.807) is 12.3 Å². The fraction of sp³-hybridized carbons (Fsp3) is 0.238. The van der Waals surface area contributed by atoms with Gasteiger partial charge in [-0.05, 0) is 36.2 Å². The molecule has 144 valence electrons. The number of rotatable bonds is 5. The van der Waals surface area contributed by atoms with Crippen LogP contribution in [0.2, 0.25) is 5.02 Å². The highest BCUT2D eigenvalue weighted by Gasteiger charge is 2.12. The molecule has 1 aromatic carbocycles. The SMILES string of the molecule is Cc1ccc(-c2cc(=O)[nH]c(-c3cc(CNC(=O)C(C)C)ccc3Cl)n2)nc1. The van der Waals surface area contributed by atoms with Gasteiger partial charge in [0.15, 0.2) is 0 Å². The number of benzene rings is 1. The smallest absolute Gasteiger partial charge is 0.251 e. The summed E-state index contributed by atoms with van der Waals surface area (Å²) in [5.74, 6) is 0.228. The Bertz CT molecular complexity index is 1060. The van der Waals surface area contributed by atoms with Gasteiger partial charge in [0.1, 0.15) is 5.82 Å². The summed E-state index contributed by atoms with van der Waals surface area (Å²) >= 11 is 6.35. The zero-order chi connectivity index (χ0) is 20.3. The molecule has 28 heavy (non-hydrogen) atoms. The van der Waals surface area contributed by atoms with Crippen molar-refractivity contribution in [3.8, 4) is 22.8 Å². The minimum Gasteiger partial charge on any atom is -0.352 e. The number of amides is 1. The largest absolute Gasteiger partial charge is 0.352 e. The molecule has 3 aromatic rings. The summed E-state index contributed by atoms with van der Waals surface area (Å²) in [6.45, 7) is 5.98. The number of halogens is 1. The molecule has 2 aromatic heterocycles. The van der Waals surface area contributed by atoms with Crippen molar-refractivity contribution in [1.29, 1.82) is 0 Å². The lowest BCUT2D eigenvalue weighted by Gasteiger charge is -2.11. The van der Waals surface area contributed by atoms with Crippen LogP contribution in [0.5, 0.6) is 0 Å². The Morgan fingerprint density at radius 2 is 1.96 bits per heavy atom. The van der Waals surface area contributed by atoms with E-state index in [2.05, 4.69) is 20.3 Å². The third kappa shape index (κ3) is 4.64. The maximum absolute atomic E-state index is 12.2. The molecule has 0 saturated heterocycles. The van der Waals surface area contributed by atoms with E-state index < -0.39 is 0 Å². The second-order valence-corrected chi connectivity index (χ2v) is 7.29. The highest BCUT2D eigenvalue weighted by Crippen LogP contribution is 2.27. The first-order valence-corrected chi connectivity index (χ1v) is 9.32. The quantitative estimate of drug-likeness (QED) is 0.687. The Kier molecular flexibility index (Phi) is 5.90. The van der Waals surface area contributed by atoms with Crippen molar-refractivity contribution in [1.82, 2.24) is 20.3 Å². The normalized spacial score (nSPS) is 10.9. The van der Waals surface area contributed by atoms with Crippen LogP contribution >= 0.6 is 11.6 Å². The fourth-order valence-electron chi connectivity index (χ4n) is 2.59. The Morgan fingerprint density at radius 1 is 1.18 bits per heavy atom. The molecule has 0 unspecified atom stereocenters. The van der Waals surface area contributed by atoms with Crippen LogP contribution < -0.4 is 10.9 Å². The molecule has 0 aliphatic carbocycles. The molecule has 0 radical (unpaired) electrons. The average Bonchev–Trinajstić information content (AvgIpc) is 2.67. The third-order valence-corrected chi connectivity index (χ3v) is 4.52. The zero-order valence-electron chi connectivity index (χ0n) is 15.9. The lowest BCUT2D eigenvalue weighted by molar-refractivity contribution is -0.124. The first-order valence-electron chi connectivity index (χ1n) is 8.94. The summed E-state index contributed by atoms with van der Waals surface area (Å²) in [6.07, 6.45) is 1.73. The van der Waals surface area contributed by atoms with Crippen molar-refractivity contribution in [3.63, 3.8) is 0 Å². The molecular formula is C21H21ClN4O2. The van der Waals surface area contributed by atoms with Gasteiger partial charge in [0.05, 0.1) is 16.4 Å². The number of carbonyl (C=O) groups excluding carboxylic acids is 1. The summed E-state index contributed by atoms with van der Waals surface area (Å²) in [6, 6.07) is 10.5. The molecular weight excluding hydrogens is 376 g/mol. The van der Waals surface area contributed by atoms with Crippen LogP contribution in [-0.2, 0) is 11.3 Å². The maximum Gasteiger partial charge on any atom is 0.251 e. The number of aromatic nitrogens is 3. The van der Waals surface area contributed by atoms with Crippen molar-refractivity contribution in [2.45, 2.75) is 27.3 Å². The van der Waals surface area contributed by atoms with Gasteiger partial charge in [0, 0.05) is 30.3 Å². The van der Waals surface area contributed by atoms with Gasteiger partial charge in [-0.2, -0.15) is 0 Å². The summed E-state index contributed by atoms with van der Waals surface area (Å²) in [5, 5.41) is 3.32. The van der Waals surface area contributed by atoms with E-state index in [0.29, 0.717) is 34.3 Å². The van der Waals surface area contributed by atoms with Crippen molar-refractivity contribution in [2.24, 2.45) is 5.92 Å². The third-order valence-electron chi connectivity index (χ3n) is 4.19. The minimum absolute atomic E-state index is 0.0320. The molecule has 7 heteroatoms. The first-order chi connectivity index (χ1) is 13.3. The second-order valence-electron chi connectivity index (χ2n) is 6.89. The number of nitrogens with one attached hydrogen (secondary N) is 2. The van der Waals surface area contributed by atoms with Crippen molar-refractivity contribution in [3.05, 3.63) is 69.1 Å². The molecule has 0 bridgehead atoms. The van der Waals surface area contributed by atoms with E-state index in [0.717, 1.165) is 11.1 Å². The second kappa shape index (κ2) is 8.35. The summed E-state index contributed by atoms with van der Waals surface area (Å²) in [7, 11) is 0. The maximum atomic E-state index is 12.2. The number of aryl methyl sites for hydroxylation is 1. The summed E-state index contributed by atoms with van der Waals surface area (Å²) < 4.78 is 0. The van der Waals surface area contributed by atoms with Crippen LogP contribution in [0.3, 0.4) is 0 Å². The van der Waals surface area contributed by atoms with Crippen LogP contribution in [0.15, 0.2) is 47.4 Å². The molecule has 2 heterocycles. The van der Waals surface area contributed by atoms with Gasteiger partial charge in [0.2, 0.25) is 5.91 Å². The lowest BCUT2D eigenvalue weighted by atomic mass is 10.1. The number of nitrogens with zero attached hydrogens (tertiary/aromatic N) is 2. The van der Waals surface area contributed by atoms with E-state index in [4.69, 9.17) is 11.6 Å². The highest BCUT2D eigenvalue weighted by atomic mass is 35.5. The van der Waals surface area contributed by atoms with Crippen LogP contribution in [0, 0.1) is 12.8 Å². The van der Waals surface area contributed by atoms with Gasteiger partial charge in [0.25, 0.3) is 5.56 Å². The number of pyridine rings is 1. The van der Waals surface area contributed by atoms with Crippen LogP contribution in [0.1, 0.15) is 25.0 Å². The van der Waals surface area contributed by atoms with Gasteiger partial charge in [-0.15, -0.1) is 0 Å². The monoisotopic (exact) mass is 396 g/mol. The molecule has 2 N–H and O–H groups in total. The number of hydrogen-bond acceptors (Lipinski definition) is 4. The number of aromatic amines is 1. The molecule has 0 fully saturated rings. The lowest BCUT2D eigenvalue weighted by Crippen LogP contribution is -2.27. The summed E-state index contributed by atoms with van der Waals surface area (Å²) in [5.41, 5.74) is 3.24. The Balaban J connectivity index is 1.96. The predicted molar refractivity (Wildman–Crippen MR) is 110 cm³/mol. The van der Waals surface area contributed by atoms with Crippen LogP contribution in [0.25, 0.3) is 22.8 Å². The molecule has 0 aliphatic heterocycles. The minimum atomic E-state index is -0.294. The summed E-state index contributed by atoms with van der Waals surface area (Å²) in [4.78, 5) is 35.6. The highest BCUT2D eigenvalue weighted by molar-refractivity contribution is 6.33. The van der Waals surface area contributed by atoms with Gasteiger partial charge >= 0.3 is 0 Å². The molecule has 1 amide bonds. The predicted octanol–water partition coefficient (Wildman–Crippen LogP) is 3.73. The van der Waals surface area contributed by atoms with E-state index in [-0.39, 0.29) is 17.4 Å². The zero-order valence-corrected chi connectivity index (χ0v) is 16.7. The number of hydrogen-bond donors (Lipinski definition) is 2. The molecule has 0 aliphatic rings. The van der Waals surface area contributed by atoms with Gasteiger partial charge < -0.3 is 10.3 Å². The first kappa shape index (κ1) is 19.8. The van der Waals surface area contributed by atoms with Crippen LogP contribution in [-0.4, -0.2) is 20.9 Å². The van der Waals surface area contributed by atoms with Crippen molar-refractivity contribution >= 4 is 17.5 Å². The van der Waals surface area contributed by atoms with Crippen molar-refractivity contribution < 1.29 is 4.79 Å². The molecule has 3 rings (SSSR count). The average molecular weight is 397 g/mol. The fourth-order valence-corrected chi connectivity index (χ4v) is 2.80. The van der Waals surface area contributed by atoms with Crippen molar-refractivity contribution in [2.75, 3.05) is 0 Å². The van der Waals surface area contributed by atoms with E-state index in [1.807, 2.05) is 45.0 Å². The van der Waals surface area contributed by atoms with Gasteiger partial charge in [-0.25, -0.2) is 4.98 Å². The standard InChI is InChI=1S/C21H21ClN4O2/c1-12(2)21(28)24-11-14-5-6-16(22)15(8-14)20-25-18(9-19(27)26-20)17-7-4-13(3)10-23-17/h4-10,12H,11H2,1-3H3,(H,24,28)(H,25,26,27). The molecule has 0 saturated carbocycles. The Morgan fingerprint density at radius 3 is 2.64 bits per heavy atom. The van der Waals surface area contributed by atoms with E-state index in [9.17, 15) is 9.59 Å². The molecule has 0 atom stereocenters. The van der Waals surface area contributed by atoms with E-state index >= 15 is 0 Å². The van der Waals surface area contributed by atoms with E-state index in [1.165, 1.54) is 6.07 Å². The topological polar surface area (TPSA) is 87.7 Å². The molecule has 0 spiro atoms. The Labute approximate surface area is 168 Å².